The predicted molar refractivity (Wildman–Crippen MR) is 86.2 cm³/mol. The van der Waals surface area contributed by atoms with Crippen LogP contribution in [-0.2, 0) is 11.2 Å². The van der Waals surface area contributed by atoms with E-state index in [1.807, 2.05) is 54.6 Å². The van der Waals surface area contributed by atoms with E-state index < -0.39 is 0 Å². The third-order valence-corrected chi connectivity index (χ3v) is 3.56. The number of alkyl halides is 1. The Hall–Kier alpha value is -1.80. The van der Waals surface area contributed by atoms with Crippen molar-refractivity contribution in [1.82, 2.24) is 0 Å². The number of carbonyl (C=O) groups excluding carboxylic acids is 1. The van der Waals surface area contributed by atoms with Gasteiger partial charge in [-0.25, -0.2) is 0 Å². The summed E-state index contributed by atoms with van der Waals surface area (Å²) in [4.78, 5) is 11.9. The first kappa shape index (κ1) is 15.6. The molecule has 0 aliphatic heterocycles. The van der Waals surface area contributed by atoms with Crippen molar-refractivity contribution < 1.29 is 9.53 Å². The van der Waals surface area contributed by atoms with Gasteiger partial charge in [-0.1, -0.05) is 42.5 Å². The largest absolute Gasteiger partial charge is 0.492 e. The zero-order valence-electron chi connectivity index (χ0n) is 12.1. The molecule has 3 heteroatoms. The number of hydrogen-bond donors (Lipinski definition) is 0. The first-order valence-electron chi connectivity index (χ1n) is 7.04. The van der Waals surface area contributed by atoms with Crippen LogP contribution < -0.4 is 4.74 Å². The highest BCUT2D eigenvalue weighted by molar-refractivity contribution is 6.18. The second kappa shape index (κ2) is 7.84. The summed E-state index contributed by atoms with van der Waals surface area (Å²) in [5, 5.41) is 0. The van der Waals surface area contributed by atoms with Crippen molar-refractivity contribution in [3.8, 4) is 5.75 Å². The van der Waals surface area contributed by atoms with Gasteiger partial charge in [0.05, 0.1) is 5.88 Å². The van der Waals surface area contributed by atoms with Crippen molar-refractivity contribution in [3.63, 3.8) is 0 Å². The second-order valence-electron chi connectivity index (χ2n) is 4.96. The average Bonchev–Trinajstić information content (AvgIpc) is 2.52. The van der Waals surface area contributed by atoms with Gasteiger partial charge in [-0.2, -0.15) is 0 Å². The SMILES string of the molecule is CC(=O)C(Cc1ccc(OCCCl)cc1)c1ccccc1. The molecule has 0 aromatic heterocycles. The van der Waals surface area contributed by atoms with Crippen LogP contribution in [0.25, 0.3) is 0 Å². The lowest BCUT2D eigenvalue weighted by atomic mass is 9.89. The molecule has 2 aromatic rings. The highest BCUT2D eigenvalue weighted by Gasteiger charge is 2.17. The van der Waals surface area contributed by atoms with Crippen LogP contribution >= 0.6 is 11.6 Å². The van der Waals surface area contributed by atoms with Gasteiger partial charge in [0.25, 0.3) is 0 Å². The molecule has 0 saturated carbocycles. The van der Waals surface area contributed by atoms with Crippen LogP contribution in [0.3, 0.4) is 0 Å². The Balaban J connectivity index is 2.09. The van der Waals surface area contributed by atoms with Gasteiger partial charge in [-0.05, 0) is 36.6 Å². The lowest BCUT2D eigenvalue weighted by Gasteiger charge is -2.14. The molecule has 0 aliphatic carbocycles. The Kier molecular flexibility index (Phi) is 5.82. The molecule has 1 atom stereocenters. The third kappa shape index (κ3) is 4.61. The van der Waals surface area contributed by atoms with Crippen LogP contribution in [0.4, 0.5) is 0 Å². The summed E-state index contributed by atoms with van der Waals surface area (Å²) in [6.45, 7) is 2.15. The molecule has 1 unspecified atom stereocenters. The zero-order valence-corrected chi connectivity index (χ0v) is 12.8. The molecule has 21 heavy (non-hydrogen) atoms. The average molecular weight is 303 g/mol. The number of rotatable bonds is 7. The number of benzene rings is 2. The lowest BCUT2D eigenvalue weighted by molar-refractivity contribution is -0.118. The number of Topliss-reactive ketones (excluding diaryl/α,β-unsaturated/α-hetero) is 1. The molecule has 0 amide bonds. The van der Waals surface area contributed by atoms with Gasteiger partial charge < -0.3 is 4.74 Å². The van der Waals surface area contributed by atoms with E-state index in [0.717, 1.165) is 16.9 Å². The van der Waals surface area contributed by atoms with Crippen LogP contribution in [0, 0.1) is 0 Å². The molecule has 0 spiro atoms. The number of carbonyl (C=O) groups is 1. The molecule has 0 heterocycles. The maximum atomic E-state index is 11.9. The quantitative estimate of drug-likeness (QED) is 0.716. The summed E-state index contributed by atoms with van der Waals surface area (Å²) in [7, 11) is 0. The standard InChI is InChI=1S/C18H19ClO2/c1-14(20)18(16-5-3-2-4-6-16)13-15-7-9-17(10-8-15)21-12-11-19/h2-10,18H,11-13H2,1H3. The van der Waals surface area contributed by atoms with Crippen molar-refractivity contribution in [3.05, 3.63) is 65.7 Å². The molecule has 2 rings (SSSR count). The monoisotopic (exact) mass is 302 g/mol. The minimum Gasteiger partial charge on any atom is -0.492 e. The predicted octanol–water partition coefficient (Wildman–Crippen LogP) is 4.22. The normalized spacial score (nSPS) is 11.9. The van der Waals surface area contributed by atoms with Gasteiger partial charge in [0.1, 0.15) is 18.1 Å². The molecule has 0 N–H and O–H groups in total. The minimum absolute atomic E-state index is 0.0965. The van der Waals surface area contributed by atoms with Crippen LogP contribution in [0.2, 0.25) is 0 Å². The fourth-order valence-electron chi connectivity index (χ4n) is 2.30. The zero-order chi connectivity index (χ0) is 15.1. The molecule has 110 valence electrons. The summed E-state index contributed by atoms with van der Waals surface area (Å²) < 4.78 is 5.45. The third-order valence-electron chi connectivity index (χ3n) is 3.40. The molecule has 2 aromatic carbocycles. The highest BCUT2D eigenvalue weighted by atomic mass is 35.5. The molecule has 0 saturated heterocycles. The number of ether oxygens (including phenoxy) is 1. The maximum absolute atomic E-state index is 11.9. The van der Waals surface area contributed by atoms with E-state index >= 15 is 0 Å². The van der Waals surface area contributed by atoms with E-state index in [-0.39, 0.29) is 11.7 Å². The Labute approximate surface area is 130 Å². The van der Waals surface area contributed by atoms with Crippen molar-refractivity contribution in [1.29, 1.82) is 0 Å². The molecule has 0 fully saturated rings. The molecule has 0 bridgehead atoms. The van der Waals surface area contributed by atoms with E-state index in [4.69, 9.17) is 16.3 Å². The van der Waals surface area contributed by atoms with Crippen molar-refractivity contribution in [2.45, 2.75) is 19.3 Å². The van der Waals surface area contributed by atoms with Crippen molar-refractivity contribution >= 4 is 17.4 Å². The van der Waals surface area contributed by atoms with Crippen molar-refractivity contribution in [2.75, 3.05) is 12.5 Å². The Morgan fingerprint density at radius 3 is 2.33 bits per heavy atom. The summed E-state index contributed by atoms with van der Waals surface area (Å²) in [5.41, 5.74) is 2.18. The summed E-state index contributed by atoms with van der Waals surface area (Å²) in [6.07, 6.45) is 0.704. The lowest BCUT2D eigenvalue weighted by Crippen LogP contribution is -2.12. The van der Waals surface area contributed by atoms with Gasteiger partial charge in [0, 0.05) is 5.92 Å². The van der Waals surface area contributed by atoms with Crippen LogP contribution in [0.15, 0.2) is 54.6 Å². The smallest absolute Gasteiger partial charge is 0.137 e. The molecule has 0 aliphatic rings. The first-order valence-corrected chi connectivity index (χ1v) is 7.57. The van der Waals surface area contributed by atoms with Gasteiger partial charge >= 0.3 is 0 Å². The van der Waals surface area contributed by atoms with Gasteiger partial charge in [-0.3, -0.25) is 4.79 Å². The minimum atomic E-state index is -0.0965. The summed E-state index contributed by atoms with van der Waals surface area (Å²) in [6, 6.07) is 17.7. The Morgan fingerprint density at radius 1 is 1.10 bits per heavy atom. The second-order valence-corrected chi connectivity index (χ2v) is 5.34. The van der Waals surface area contributed by atoms with E-state index in [2.05, 4.69) is 0 Å². The first-order chi connectivity index (χ1) is 10.2. The summed E-state index contributed by atoms with van der Waals surface area (Å²) in [5.74, 6) is 1.37. The van der Waals surface area contributed by atoms with E-state index in [0.29, 0.717) is 18.9 Å². The Morgan fingerprint density at radius 2 is 1.76 bits per heavy atom. The van der Waals surface area contributed by atoms with Crippen LogP contribution in [0.1, 0.15) is 24.0 Å². The van der Waals surface area contributed by atoms with Crippen LogP contribution in [0.5, 0.6) is 5.75 Å². The molecular formula is C18H19ClO2. The fraction of sp³-hybridized carbons (Fsp3) is 0.278. The van der Waals surface area contributed by atoms with Gasteiger partial charge in [-0.15, -0.1) is 11.6 Å². The fourth-order valence-corrected chi connectivity index (χ4v) is 2.37. The number of hydrogen-bond acceptors (Lipinski definition) is 2. The highest BCUT2D eigenvalue weighted by Crippen LogP contribution is 2.23. The van der Waals surface area contributed by atoms with E-state index in [1.54, 1.807) is 6.92 Å². The molecular weight excluding hydrogens is 284 g/mol. The Bertz CT molecular complexity index is 564. The topological polar surface area (TPSA) is 26.3 Å². The van der Waals surface area contributed by atoms with Gasteiger partial charge in [0.2, 0.25) is 0 Å². The number of halogens is 1. The molecule has 0 radical (unpaired) electrons. The maximum Gasteiger partial charge on any atom is 0.137 e. The van der Waals surface area contributed by atoms with Gasteiger partial charge in [0.15, 0.2) is 0 Å². The molecule has 2 nitrogen and oxygen atoms in total. The number of ketones is 1. The van der Waals surface area contributed by atoms with Crippen molar-refractivity contribution in [2.24, 2.45) is 0 Å². The van der Waals surface area contributed by atoms with Crippen LogP contribution in [-0.4, -0.2) is 18.3 Å². The van der Waals surface area contributed by atoms with E-state index in [9.17, 15) is 4.79 Å². The summed E-state index contributed by atoms with van der Waals surface area (Å²) >= 11 is 5.59. The van der Waals surface area contributed by atoms with E-state index in [1.165, 1.54) is 0 Å².